The molecule has 0 bridgehead atoms. The molecule has 0 aromatic rings. The van der Waals surface area contributed by atoms with Crippen LogP contribution in [0.25, 0.3) is 0 Å². The second kappa shape index (κ2) is 13.1. The van der Waals surface area contributed by atoms with Crippen molar-refractivity contribution in [2.45, 2.75) is 77.6 Å². The van der Waals surface area contributed by atoms with Crippen LogP contribution in [0.4, 0.5) is 101 Å². The molecule has 49 heavy (non-hydrogen) atoms. The quantitative estimate of drug-likeness (QED) is 0.153. The summed E-state index contributed by atoms with van der Waals surface area (Å²) < 4.78 is 336. The van der Waals surface area contributed by atoms with Gasteiger partial charge in [-0.05, 0) is 27.1 Å². The molecule has 0 rings (SSSR count). The average Bonchev–Trinajstić information content (AvgIpc) is 2.88. The number of rotatable bonds is 18. The van der Waals surface area contributed by atoms with Crippen molar-refractivity contribution in [1.29, 1.82) is 0 Å². The van der Waals surface area contributed by atoms with Gasteiger partial charge >= 0.3 is 70.7 Å². The molecule has 1 N–H and O–H groups in total. The third kappa shape index (κ3) is 6.76. The van der Waals surface area contributed by atoms with Crippen LogP contribution < -0.4 is 0 Å². The van der Waals surface area contributed by atoms with Gasteiger partial charge in [-0.3, -0.25) is 4.79 Å². The van der Waals surface area contributed by atoms with Gasteiger partial charge in [-0.1, -0.05) is 0 Å². The van der Waals surface area contributed by atoms with Gasteiger partial charge in [-0.25, -0.2) is 8.42 Å². The molecule has 0 saturated carbocycles. The zero-order valence-corrected chi connectivity index (χ0v) is 24.0. The van der Waals surface area contributed by atoms with E-state index in [1.807, 2.05) is 0 Å². The Morgan fingerprint density at radius 3 is 1.04 bits per heavy atom. The molecule has 0 aromatic heterocycles. The third-order valence-corrected chi connectivity index (χ3v) is 8.08. The van der Waals surface area contributed by atoms with Crippen LogP contribution in [0.15, 0.2) is 0 Å². The summed E-state index contributed by atoms with van der Waals surface area (Å²) in [5, 5.41) is 0.541. The highest BCUT2D eigenvalue weighted by Gasteiger charge is 2.99. The van der Waals surface area contributed by atoms with E-state index in [0.717, 1.165) is 19.0 Å². The van der Waals surface area contributed by atoms with E-state index in [0.29, 0.717) is 0 Å². The van der Waals surface area contributed by atoms with Gasteiger partial charge in [0, 0.05) is 13.1 Å². The molecule has 294 valence electrons. The molecule has 0 aliphatic rings. The van der Waals surface area contributed by atoms with Crippen LogP contribution in [0.5, 0.6) is 0 Å². The number of nitrogens with zero attached hydrogens (tertiary/aromatic N) is 2. The highest BCUT2D eigenvalue weighted by atomic mass is 32.2. The number of hydrogen-bond acceptors (Lipinski definition) is 4. The van der Waals surface area contributed by atoms with Crippen LogP contribution >= 0.6 is 0 Å². The lowest BCUT2D eigenvalue weighted by Gasteiger charge is -2.45. The lowest BCUT2D eigenvalue weighted by atomic mass is 9.86. The minimum atomic E-state index is -9.62. The smallest absolute Gasteiger partial charge is 0.460 e. The average molecular weight is 806 g/mol. The molecule has 0 spiro atoms. The molecule has 0 heterocycles. The van der Waals surface area contributed by atoms with E-state index in [-0.39, 0.29) is 0 Å². The fourth-order valence-electron chi connectivity index (χ4n) is 3.20. The van der Waals surface area contributed by atoms with Crippen molar-refractivity contribution in [3.05, 3.63) is 0 Å². The van der Waals surface area contributed by atoms with Crippen molar-refractivity contribution in [1.82, 2.24) is 9.21 Å². The first-order valence-electron chi connectivity index (χ1n) is 11.7. The summed E-state index contributed by atoms with van der Waals surface area (Å²) in [6.07, 6.45) is -10.7. The minimum Gasteiger partial charge on any atom is -0.481 e. The van der Waals surface area contributed by atoms with Crippen LogP contribution in [0.1, 0.15) is 12.8 Å². The number of halogens is 23. The van der Waals surface area contributed by atoms with Crippen molar-refractivity contribution >= 4 is 16.0 Å². The topological polar surface area (TPSA) is 77.9 Å². The summed E-state index contributed by atoms with van der Waals surface area (Å²) in [4.78, 5) is 11.7. The summed E-state index contributed by atoms with van der Waals surface area (Å²) in [6.45, 7) is -4.01. The maximum Gasteiger partial charge on any atom is 0.460 e. The van der Waals surface area contributed by atoms with E-state index in [9.17, 15) is 114 Å². The van der Waals surface area contributed by atoms with Crippen LogP contribution in [-0.4, -0.2) is 127 Å². The molecule has 0 fully saturated rings. The lowest BCUT2D eigenvalue weighted by Crippen LogP contribution is -2.78. The Morgan fingerprint density at radius 2 is 0.776 bits per heavy atom. The largest absolute Gasteiger partial charge is 0.481 e. The SMILES string of the molecule is CN(C)CCCN(CCC(=O)O)S(=O)(=O)C(F)(F)C(F)(F)C(F)(F)C(F)(F)C(F)(F)C(F)(F)C(F)(F)C(F)(F)C(F)(F)C(F)(F)C(F)(F)F. The van der Waals surface area contributed by atoms with Crippen LogP contribution in [0, 0.1) is 0 Å². The molecular formula is C19H17F23N2O4S. The Balaban J connectivity index is 7.39. The van der Waals surface area contributed by atoms with Crippen molar-refractivity contribution in [2.24, 2.45) is 0 Å². The molecule has 30 heteroatoms. The number of aliphatic carboxylic acids is 1. The highest BCUT2D eigenvalue weighted by molar-refractivity contribution is 7.90. The lowest BCUT2D eigenvalue weighted by molar-refractivity contribution is -0.476. The van der Waals surface area contributed by atoms with E-state index in [2.05, 4.69) is 0 Å². The first-order chi connectivity index (χ1) is 21.0. The monoisotopic (exact) mass is 806 g/mol. The first-order valence-corrected chi connectivity index (χ1v) is 13.1. The molecular weight excluding hydrogens is 789 g/mol. The number of alkyl halides is 23. The van der Waals surface area contributed by atoms with Gasteiger partial charge in [0.25, 0.3) is 10.0 Å². The number of carboxylic acid groups (broad SMARTS) is 1. The fraction of sp³-hybridized carbons (Fsp3) is 0.947. The van der Waals surface area contributed by atoms with E-state index in [4.69, 9.17) is 5.11 Å². The van der Waals surface area contributed by atoms with Gasteiger partial charge in [-0.15, -0.1) is 0 Å². The highest BCUT2D eigenvalue weighted by Crippen LogP contribution is 2.67. The molecule has 0 atom stereocenters. The van der Waals surface area contributed by atoms with Gasteiger partial charge in [-0.2, -0.15) is 105 Å². The second-order valence-electron chi connectivity index (χ2n) is 9.89. The first kappa shape index (κ1) is 46.7. The maximum absolute atomic E-state index is 14.5. The minimum absolute atomic E-state index is 0.455. The van der Waals surface area contributed by atoms with E-state index in [1.54, 1.807) is 0 Å². The van der Waals surface area contributed by atoms with E-state index >= 15 is 0 Å². The Hall–Kier alpha value is -2.27. The van der Waals surface area contributed by atoms with E-state index in [1.165, 1.54) is 0 Å². The zero-order chi connectivity index (χ0) is 40.3. The summed E-state index contributed by atoms with van der Waals surface area (Å²) in [5.74, 6) is -85.6. The van der Waals surface area contributed by atoms with Crippen molar-refractivity contribution < 1.29 is 119 Å². The summed E-state index contributed by atoms with van der Waals surface area (Å²) in [5.41, 5.74) is 0. The van der Waals surface area contributed by atoms with Crippen LogP contribution in [-0.2, 0) is 14.8 Å². The van der Waals surface area contributed by atoms with Gasteiger partial charge in [0.15, 0.2) is 0 Å². The molecule has 6 nitrogen and oxygen atoms in total. The molecule has 0 unspecified atom stereocenters. The Kier molecular flexibility index (Phi) is 12.4. The van der Waals surface area contributed by atoms with Crippen LogP contribution in [0.3, 0.4) is 0 Å². The molecule has 0 aromatic carbocycles. The molecule has 0 aliphatic heterocycles. The number of carboxylic acids is 1. The Bertz CT molecular complexity index is 1300. The maximum atomic E-state index is 14.5. The molecule has 0 aliphatic carbocycles. The predicted octanol–water partition coefficient (Wildman–Crippen LogP) is 6.92. The summed E-state index contributed by atoms with van der Waals surface area (Å²) in [6, 6.07) is 0. The van der Waals surface area contributed by atoms with Crippen LogP contribution in [0.2, 0.25) is 0 Å². The van der Waals surface area contributed by atoms with Crippen molar-refractivity contribution in [2.75, 3.05) is 33.7 Å². The fourth-order valence-corrected chi connectivity index (χ4v) is 4.68. The normalized spacial score (nSPS) is 16.1. The van der Waals surface area contributed by atoms with Crippen molar-refractivity contribution in [3.63, 3.8) is 0 Å². The summed E-state index contributed by atoms with van der Waals surface area (Å²) in [7, 11) is -5.51. The van der Waals surface area contributed by atoms with Gasteiger partial charge in [0.2, 0.25) is 0 Å². The second-order valence-corrected chi connectivity index (χ2v) is 11.9. The number of carbonyl (C=O) groups is 1. The molecule has 0 saturated heterocycles. The van der Waals surface area contributed by atoms with Gasteiger partial charge < -0.3 is 10.0 Å². The number of hydrogen-bond donors (Lipinski definition) is 1. The number of sulfonamides is 1. The van der Waals surface area contributed by atoms with Gasteiger partial charge in [0.05, 0.1) is 6.42 Å². The predicted molar refractivity (Wildman–Crippen MR) is 111 cm³/mol. The molecule has 0 amide bonds. The van der Waals surface area contributed by atoms with Crippen molar-refractivity contribution in [3.8, 4) is 0 Å². The third-order valence-electron chi connectivity index (χ3n) is 6.13. The van der Waals surface area contributed by atoms with E-state index < -0.39 is 118 Å². The zero-order valence-electron chi connectivity index (χ0n) is 23.2. The Labute approximate surface area is 256 Å². The standard InChI is InChI=1S/C19H17F23N2O4S/c1-43(2)5-3-6-44(7-4-8(45)46)49(47,48)19(41,42)17(36,37)15(32,33)13(28,29)11(24,25)9(20,21)10(22,23)12(26,27)14(30,31)16(34,35)18(38,39)40/h3-7H2,1-2H3,(H,45,46). The Morgan fingerprint density at radius 1 is 0.490 bits per heavy atom. The molecule has 0 radical (unpaired) electrons. The van der Waals surface area contributed by atoms with Gasteiger partial charge in [0.1, 0.15) is 0 Å². The summed E-state index contributed by atoms with van der Waals surface area (Å²) >= 11 is 0.